The first-order valence-corrected chi connectivity index (χ1v) is 6.50. The molecule has 0 aromatic heterocycles. The molecule has 2 atom stereocenters. The van der Waals surface area contributed by atoms with E-state index in [1.807, 2.05) is 6.92 Å². The Bertz CT molecular complexity index is 462. The Morgan fingerprint density at radius 1 is 1.42 bits per heavy atom. The van der Waals surface area contributed by atoms with Crippen LogP contribution >= 0.6 is 0 Å². The Labute approximate surface area is 113 Å². The van der Waals surface area contributed by atoms with E-state index in [1.54, 1.807) is 0 Å². The Balaban J connectivity index is 2.89. The van der Waals surface area contributed by atoms with Crippen LogP contribution in [0.4, 0.5) is 15.8 Å². The molecule has 0 bridgehead atoms. The number of amides is 1. The van der Waals surface area contributed by atoms with E-state index < -0.39 is 11.7 Å². The molecule has 19 heavy (non-hydrogen) atoms. The van der Waals surface area contributed by atoms with Crippen molar-refractivity contribution in [3.05, 3.63) is 23.5 Å². The molecule has 0 aliphatic rings. The molecule has 1 rings (SSSR count). The van der Waals surface area contributed by atoms with Crippen LogP contribution in [0, 0.1) is 11.7 Å². The zero-order chi connectivity index (χ0) is 14.6. The first-order chi connectivity index (χ1) is 8.85. The minimum Gasteiger partial charge on any atom is -0.398 e. The van der Waals surface area contributed by atoms with Crippen molar-refractivity contribution in [3.63, 3.8) is 0 Å². The summed E-state index contributed by atoms with van der Waals surface area (Å²) in [5.74, 6) is -0.580. The Morgan fingerprint density at radius 2 is 2.05 bits per heavy atom. The normalized spacial score (nSPS) is 13.9. The van der Waals surface area contributed by atoms with Gasteiger partial charge in [0.2, 0.25) is 0 Å². The van der Waals surface area contributed by atoms with Crippen LogP contribution in [0.3, 0.4) is 0 Å². The Morgan fingerprint density at radius 3 is 2.58 bits per heavy atom. The van der Waals surface area contributed by atoms with Gasteiger partial charge in [0.05, 0.1) is 11.3 Å². The highest BCUT2D eigenvalue weighted by Gasteiger charge is 2.14. The number of carbonyl (C=O) groups excluding carboxylic acids is 1. The fourth-order valence-corrected chi connectivity index (χ4v) is 2.01. The Hall–Kier alpha value is -1.78. The summed E-state index contributed by atoms with van der Waals surface area (Å²) in [6.07, 6.45) is 2.00. The second-order valence-corrected chi connectivity index (χ2v) is 5.08. The van der Waals surface area contributed by atoms with E-state index >= 15 is 0 Å². The van der Waals surface area contributed by atoms with Gasteiger partial charge in [0.15, 0.2) is 0 Å². The van der Waals surface area contributed by atoms with Crippen molar-refractivity contribution in [1.82, 2.24) is 0 Å². The summed E-state index contributed by atoms with van der Waals surface area (Å²) >= 11 is 0. The van der Waals surface area contributed by atoms with Crippen molar-refractivity contribution in [2.45, 2.75) is 39.7 Å². The molecule has 1 amide bonds. The molecular formula is C14H22FN3O. The number of anilines is 2. The lowest BCUT2D eigenvalue weighted by Crippen LogP contribution is -2.20. The highest BCUT2D eigenvalue weighted by Crippen LogP contribution is 2.23. The smallest absolute Gasteiger partial charge is 0.250 e. The number of hydrogen-bond acceptors (Lipinski definition) is 3. The molecule has 1 aromatic carbocycles. The van der Waals surface area contributed by atoms with E-state index in [4.69, 9.17) is 11.5 Å². The van der Waals surface area contributed by atoms with Gasteiger partial charge in [0.1, 0.15) is 5.82 Å². The van der Waals surface area contributed by atoms with Gasteiger partial charge in [0, 0.05) is 11.7 Å². The fourth-order valence-electron chi connectivity index (χ4n) is 2.01. The number of rotatable bonds is 6. The summed E-state index contributed by atoms with van der Waals surface area (Å²) in [6, 6.07) is 2.60. The zero-order valence-corrected chi connectivity index (χ0v) is 11.7. The number of nitrogens with one attached hydrogen (secondary N) is 1. The quantitative estimate of drug-likeness (QED) is 0.693. The number of hydrogen-bond donors (Lipinski definition) is 3. The van der Waals surface area contributed by atoms with Crippen molar-refractivity contribution in [2.75, 3.05) is 11.1 Å². The van der Waals surface area contributed by atoms with Crippen LogP contribution in [0.1, 0.15) is 44.0 Å². The number of nitrogen functional groups attached to an aromatic ring is 1. The molecule has 4 nitrogen and oxygen atoms in total. The van der Waals surface area contributed by atoms with Gasteiger partial charge in [-0.3, -0.25) is 4.79 Å². The molecule has 2 unspecified atom stereocenters. The summed E-state index contributed by atoms with van der Waals surface area (Å²) < 4.78 is 13.8. The van der Waals surface area contributed by atoms with Gasteiger partial charge in [-0.2, -0.15) is 0 Å². The van der Waals surface area contributed by atoms with Crippen LogP contribution in [0.5, 0.6) is 0 Å². The Kier molecular flexibility index (Phi) is 5.15. The molecule has 0 heterocycles. The third kappa shape index (κ3) is 4.12. The standard InChI is InChI=1S/C14H22FN3O/c1-4-8(2)5-9(3)18-13-6-10(14(17)19)12(16)7-11(13)15/h6-9,18H,4-5,16H2,1-3H3,(H2,17,19). The van der Waals surface area contributed by atoms with Crippen LogP contribution in [0.2, 0.25) is 0 Å². The van der Waals surface area contributed by atoms with Gasteiger partial charge in [-0.15, -0.1) is 0 Å². The van der Waals surface area contributed by atoms with Crippen LogP contribution in [-0.2, 0) is 0 Å². The average Bonchev–Trinajstić information content (AvgIpc) is 2.31. The third-order valence-corrected chi connectivity index (χ3v) is 3.26. The molecule has 0 aliphatic carbocycles. The van der Waals surface area contributed by atoms with Gasteiger partial charge in [-0.25, -0.2) is 4.39 Å². The first-order valence-electron chi connectivity index (χ1n) is 6.50. The minimum atomic E-state index is -0.657. The lowest BCUT2D eigenvalue weighted by molar-refractivity contribution is 0.100. The number of halogens is 1. The number of primary amides is 1. The van der Waals surface area contributed by atoms with E-state index in [0.29, 0.717) is 5.92 Å². The van der Waals surface area contributed by atoms with Crippen molar-refractivity contribution in [1.29, 1.82) is 0 Å². The predicted molar refractivity (Wildman–Crippen MR) is 76.5 cm³/mol. The summed E-state index contributed by atoms with van der Waals surface area (Å²) in [6.45, 7) is 6.24. The van der Waals surface area contributed by atoms with Gasteiger partial charge >= 0.3 is 0 Å². The SMILES string of the molecule is CCC(C)CC(C)Nc1cc(C(N)=O)c(N)cc1F. The molecule has 0 aliphatic heterocycles. The summed E-state index contributed by atoms with van der Waals surface area (Å²) in [5, 5.41) is 3.06. The average molecular weight is 267 g/mol. The second kappa shape index (κ2) is 6.41. The van der Waals surface area contributed by atoms with Crippen molar-refractivity contribution in [3.8, 4) is 0 Å². The molecule has 5 heteroatoms. The number of carbonyl (C=O) groups is 1. The molecule has 0 saturated heterocycles. The highest BCUT2D eigenvalue weighted by molar-refractivity contribution is 5.99. The van der Waals surface area contributed by atoms with Crippen LogP contribution < -0.4 is 16.8 Å². The van der Waals surface area contributed by atoms with Gasteiger partial charge in [0.25, 0.3) is 5.91 Å². The van der Waals surface area contributed by atoms with E-state index in [9.17, 15) is 9.18 Å². The fraction of sp³-hybridized carbons (Fsp3) is 0.500. The second-order valence-electron chi connectivity index (χ2n) is 5.08. The van der Waals surface area contributed by atoms with Crippen LogP contribution in [-0.4, -0.2) is 11.9 Å². The highest BCUT2D eigenvalue weighted by atomic mass is 19.1. The summed E-state index contributed by atoms with van der Waals surface area (Å²) in [5.41, 5.74) is 11.2. The maximum atomic E-state index is 13.8. The van der Waals surface area contributed by atoms with E-state index in [1.165, 1.54) is 6.07 Å². The minimum absolute atomic E-state index is 0.0603. The van der Waals surface area contributed by atoms with Crippen LogP contribution in [0.25, 0.3) is 0 Å². The van der Waals surface area contributed by atoms with E-state index in [-0.39, 0.29) is 23.0 Å². The lowest BCUT2D eigenvalue weighted by atomic mass is 10.00. The molecule has 0 fully saturated rings. The molecule has 0 radical (unpaired) electrons. The van der Waals surface area contributed by atoms with Crippen molar-refractivity contribution < 1.29 is 9.18 Å². The number of benzene rings is 1. The molecule has 0 saturated carbocycles. The van der Waals surface area contributed by atoms with Gasteiger partial charge in [-0.1, -0.05) is 20.3 Å². The predicted octanol–water partition coefficient (Wildman–Crippen LogP) is 2.74. The molecule has 1 aromatic rings. The van der Waals surface area contributed by atoms with Crippen molar-refractivity contribution >= 4 is 17.3 Å². The van der Waals surface area contributed by atoms with Crippen molar-refractivity contribution in [2.24, 2.45) is 11.7 Å². The monoisotopic (exact) mass is 267 g/mol. The van der Waals surface area contributed by atoms with Crippen LogP contribution in [0.15, 0.2) is 12.1 Å². The summed E-state index contributed by atoms with van der Waals surface area (Å²) in [4.78, 5) is 11.2. The maximum absolute atomic E-state index is 13.8. The number of nitrogens with two attached hydrogens (primary N) is 2. The first kappa shape index (κ1) is 15.3. The largest absolute Gasteiger partial charge is 0.398 e. The summed E-state index contributed by atoms with van der Waals surface area (Å²) in [7, 11) is 0. The lowest BCUT2D eigenvalue weighted by Gasteiger charge is -2.19. The van der Waals surface area contributed by atoms with E-state index in [2.05, 4.69) is 19.2 Å². The van der Waals surface area contributed by atoms with Gasteiger partial charge < -0.3 is 16.8 Å². The third-order valence-electron chi connectivity index (χ3n) is 3.26. The molecule has 106 valence electrons. The topological polar surface area (TPSA) is 81.1 Å². The molecule has 0 spiro atoms. The zero-order valence-electron chi connectivity index (χ0n) is 11.7. The van der Waals surface area contributed by atoms with E-state index in [0.717, 1.165) is 18.9 Å². The molecular weight excluding hydrogens is 245 g/mol. The maximum Gasteiger partial charge on any atom is 0.250 e. The molecule has 5 N–H and O–H groups in total. The van der Waals surface area contributed by atoms with Gasteiger partial charge in [-0.05, 0) is 31.4 Å².